The molecular formula is C11H14ClFN2O. The molecule has 2 rings (SSSR count). The minimum atomic E-state index is -0.399. The van der Waals surface area contributed by atoms with E-state index in [1.54, 1.807) is 18.2 Å². The Hall–Kier alpha value is -1.13. The van der Waals surface area contributed by atoms with E-state index in [4.69, 9.17) is 0 Å². The van der Waals surface area contributed by atoms with E-state index < -0.39 is 5.82 Å². The molecule has 2 N–H and O–H groups in total. The van der Waals surface area contributed by atoms with Gasteiger partial charge in [-0.25, -0.2) is 4.39 Å². The van der Waals surface area contributed by atoms with Crippen molar-refractivity contribution in [1.29, 1.82) is 0 Å². The van der Waals surface area contributed by atoms with E-state index >= 15 is 0 Å². The lowest BCUT2D eigenvalue weighted by Crippen LogP contribution is -2.35. The number of para-hydroxylation sites is 1. The average Bonchev–Trinajstić information content (AvgIpc) is 2.74. The van der Waals surface area contributed by atoms with Gasteiger partial charge < -0.3 is 10.6 Å². The molecule has 1 heterocycles. The molecule has 1 aromatic rings. The van der Waals surface area contributed by atoms with Crippen molar-refractivity contribution < 1.29 is 9.18 Å². The van der Waals surface area contributed by atoms with E-state index in [0.29, 0.717) is 0 Å². The maximum absolute atomic E-state index is 13.2. The van der Waals surface area contributed by atoms with Crippen LogP contribution in [0.1, 0.15) is 12.8 Å². The van der Waals surface area contributed by atoms with Gasteiger partial charge in [0.25, 0.3) is 0 Å². The van der Waals surface area contributed by atoms with Gasteiger partial charge in [-0.2, -0.15) is 0 Å². The van der Waals surface area contributed by atoms with Gasteiger partial charge in [0.15, 0.2) is 0 Å². The molecule has 0 saturated carbocycles. The molecule has 0 aromatic heterocycles. The molecule has 1 unspecified atom stereocenters. The summed E-state index contributed by atoms with van der Waals surface area (Å²) in [5.74, 6) is -0.554. The maximum Gasteiger partial charge on any atom is 0.241 e. The number of carbonyl (C=O) groups excluding carboxylic acids is 1. The smallest absolute Gasteiger partial charge is 0.241 e. The summed E-state index contributed by atoms with van der Waals surface area (Å²) >= 11 is 0. The molecule has 1 fully saturated rings. The van der Waals surface area contributed by atoms with Gasteiger partial charge >= 0.3 is 0 Å². The molecule has 1 aliphatic heterocycles. The Balaban J connectivity index is 0.00000128. The molecule has 1 aliphatic rings. The lowest BCUT2D eigenvalue weighted by Gasteiger charge is -2.11. The fourth-order valence-electron chi connectivity index (χ4n) is 1.69. The van der Waals surface area contributed by atoms with Crippen LogP contribution in [0, 0.1) is 5.82 Å². The highest BCUT2D eigenvalue weighted by molar-refractivity contribution is 5.95. The molecule has 1 saturated heterocycles. The molecular weight excluding hydrogens is 231 g/mol. The molecule has 0 spiro atoms. The molecule has 3 nitrogen and oxygen atoms in total. The zero-order valence-corrected chi connectivity index (χ0v) is 9.52. The molecule has 1 aromatic carbocycles. The van der Waals surface area contributed by atoms with Crippen molar-refractivity contribution in [2.24, 2.45) is 0 Å². The Bertz CT molecular complexity index is 367. The van der Waals surface area contributed by atoms with E-state index in [0.717, 1.165) is 19.4 Å². The van der Waals surface area contributed by atoms with Crippen LogP contribution in [-0.2, 0) is 4.79 Å². The molecule has 0 aliphatic carbocycles. The van der Waals surface area contributed by atoms with Gasteiger partial charge in [-0.3, -0.25) is 4.79 Å². The highest BCUT2D eigenvalue weighted by atomic mass is 35.5. The van der Waals surface area contributed by atoms with Gasteiger partial charge in [0.1, 0.15) is 5.82 Å². The number of nitrogens with one attached hydrogen (secondary N) is 2. The molecule has 1 atom stereocenters. The van der Waals surface area contributed by atoms with Crippen molar-refractivity contribution in [2.45, 2.75) is 18.9 Å². The Morgan fingerprint density at radius 1 is 1.44 bits per heavy atom. The number of carbonyl (C=O) groups is 1. The summed E-state index contributed by atoms with van der Waals surface area (Å²) in [4.78, 5) is 11.6. The monoisotopic (exact) mass is 244 g/mol. The van der Waals surface area contributed by atoms with Gasteiger partial charge in [-0.15, -0.1) is 12.4 Å². The Kier molecular flexibility index (Phi) is 4.71. The van der Waals surface area contributed by atoms with E-state index in [9.17, 15) is 9.18 Å². The number of benzene rings is 1. The van der Waals surface area contributed by atoms with Crippen LogP contribution in [0.2, 0.25) is 0 Å². The summed E-state index contributed by atoms with van der Waals surface area (Å²) in [6.45, 7) is 0.857. The standard InChI is InChI=1S/C11H13FN2O.ClH/c12-8-4-1-2-5-9(8)14-11(15)10-6-3-7-13-10;/h1-2,4-5,10,13H,3,6-7H2,(H,14,15);1H. The van der Waals surface area contributed by atoms with Gasteiger partial charge in [0, 0.05) is 0 Å². The van der Waals surface area contributed by atoms with Crippen molar-refractivity contribution in [1.82, 2.24) is 5.32 Å². The molecule has 5 heteroatoms. The van der Waals surface area contributed by atoms with Crippen molar-refractivity contribution in [3.63, 3.8) is 0 Å². The summed E-state index contributed by atoms with van der Waals surface area (Å²) in [6, 6.07) is 6.00. The van der Waals surface area contributed by atoms with Crippen molar-refractivity contribution >= 4 is 24.0 Å². The Morgan fingerprint density at radius 3 is 2.81 bits per heavy atom. The highest BCUT2D eigenvalue weighted by Crippen LogP contribution is 2.14. The number of amides is 1. The summed E-state index contributed by atoms with van der Waals surface area (Å²) < 4.78 is 13.2. The molecule has 1 amide bonds. The van der Waals surface area contributed by atoms with Gasteiger partial charge in [-0.05, 0) is 31.5 Å². The topological polar surface area (TPSA) is 41.1 Å². The normalized spacial score (nSPS) is 18.9. The number of hydrogen-bond donors (Lipinski definition) is 2. The lowest BCUT2D eigenvalue weighted by molar-refractivity contribution is -0.117. The first-order valence-electron chi connectivity index (χ1n) is 5.06. The predicted octanol–water partition coefficient (Wildman–Crippen LogP) is 1.94. The first kappa shape index (κ1) is 12.9. The zero-order valence-electron chi connectivity index (χ0n) is 8.70. The minimum Gasteiger partial charge on any atom is -0.322 e. The summed E-state index contributed by atoms with van der Waals surface area (Å²) in [7, 11) is 0. The third kappa shape index (κ3) is 2.93. The first-order valence-corrected chi connectivity index (χ1v) is 5.06. The van der Waals surface area contributed by atoms with Crippen LogP contribution in [0.4, 0.5) is 10.1 Å². The third-order valence-corrected chi connectivity index (χ3v) is 2.51. The third-order valence-electron chi connectivity index (χ3n) is 2.51. The van der Waals surface area contributed by atoms with Crippen molar-refractivity contribution in [3.05, 3.63) is 30.1 Å². The molecule has 0 radical (unpaired) electrons. The fraction of sp³-hybridized carbons (Fsp3) is 0.364. The average molecular weight is 245 g/mol. The van der Waals surface area contributed by atoms with Gasteiger partial charge in [0.2, 0.25) is 5.91 Å². The maximum atomic E-state index is 13.2. The second-order valence-corrected chi connectivity index (χ2v) is 3.62. The predicted molar refractivity (Wildman–Crippen MR) is 63.3 cm³/mol. The first-order chi connectivity index (χ1) is 7.27. The van der Waals surface area contributed by atoms with E-state index in [2.05, 4.69) is 10.6 Å². The molecule has 0 bridgehead atoms. The van der Waals surface area contributed by atoms with Gasteiger partial charge in [0.05, 0.1) is 11.7 Å². The Morgan fingerprint density at radius 2 is 2.19 bits per heavy atom. The van der Waals surface area contributed by atoms with Crippen LogP contribution in [0.15, 0.2) is 24.3 Å². The van der Waals surface area contributed by atoms with Crippen LogP contribution in [-0.4, -0.2) is 18.5 Å². The number of rotatable bonds is 2. The van der Waals surface area contributed by atoms with Crippen molar-refractivity contribution in [3.8, 4) is 0 Å². The summed E-state index contributed by atoms with van der Waals surface area (Å²) in [6.07, 6.45) is 1.82. The van der Waals surface area contributed by atoms with Crippen LogP contribution in [0.3, 0.4) is 0 Å². The summed E-state index contributed by atoms with van der Waals surface area (Å²) in [5, 5.41) is 5.64. The summed E-state index contributed by atoms with van der Waals surface area (Å²) in [5.41, 5.74) is 0.246. The minimum absolute atomic E-state index is 0. The number of halogens is 2. The van der Waals surface area contributed by atoms with E-state index in [1.165, 1.54) is 6.07 Å². The molecule has 88 valence electrons. The van der Waals surface area contributed by atoms with Crippen LogP contribution >= 0.6 is 12.4 Å². The highest BCUT2D eigenvalue weighted by Gasteiger charge is 2.22. The second kappa shape index (κ2) is 5.82. The quantitative estimate of drug-likeness (QED) is 0.835. The van der Waals surface area contributed by atoms with Crippen LogP contribution < -0.4 is 10.6 Å². The van der Waals surface area contributed by atoms with Gasteiger partial charge in [-0.1, -0.05) is 12.1 Å². The fourth-order valence-corrected chi connectivity index (χ4v) is 1.69. The van der Waals surface area contributed by atoms with Crippen LogP contribution in [0.25, 0.3) is 0 Å². The Labute approximate surface area is 99.8 Å². The van der Waals surface area contributed by atoms with Crippen LogP contribution in [0.5, 0.6) is 0 Å². The van der Waals surface area contributed by atoms with Crippen molar-refractivity contribution in [2.75, 3.05) is 11.9 Å². The number of hydrogen-bond acceptors (Lipinski definition) is 2. The lowest BCUT2D eigenvalue weighted by atomic mass is 10.2. The molecule has 16 heavy (non-hydrogen) atoms. The van der Waals surface area contributed by atoms with E-state index in [-0.39, 0.29) is 30.0 Å². The largest absolute Gasteiger partial charge is 0.322 e. The number of anilines is 1. The zero-order chi connectivity index (χ0) is 10.7. The SMILES string of the molecule is Cl.O=C(Nc1ccccc1F)C1CCCN1. The van der Waals surface area contributed by atoms with E-state index in [1.807, 2.05) is 0 Å². The second-order valence-electron chi connectivity index (χ2n) is 3.62.